The van der Waals surface area contributed by atoms with E-state index in [9.17, 15) is 9.59 Å². The van der Waals surface area contributed by atoms with E-state index in [2.05, 4.69) is 19.2 Å². The quantitative estimate of drug-likeness (QED) is 0.788. The number of amides is 1. The molecule has 1 saturated carbocycles. The topological polar surface area (TPSA) is 66.4 Å². The summed E-state index contributed by atoms with van der Waals surface area (Å²) in [5.74, 6) is 0.770. The molecule has 1 fully saturated rings. The summed E-state index contributed by atoms with van der Waals surface area (Å²) in [5, 5.41) is 11.7. The van der Waals surface area contributed by atoms with Crippen LogP contribution >= 0.6 is 11.8 Å². The molecule has 0 aromatic carbocycles. The third-order valence-electron chi connectivity index (χ3n) is 4.01. The first-order chi connectivity index (χ1) is 8.90. The Morgan fingerprint density at radius 1 is 1.37 bits per heavy atom. The molecule has 0 aromatic heterocycles. The first-order valence-corrected chi connectivity index (χ1v) is 8.07. The molecule has 4 nitrogen and oxygen atoms in total. The van der Waals surface area contributed by atoms with Crippen LogP contribution in [0.15, 0.2) is 0 Å². The van der Waals surface area contributed by atoms with Gasteiger partial charge in [-0.2, -0.15) is 0 Å². The number of thioether (sulfide) groups is 1. The molecule has 19 heavy (non-hydrogen) atoms. The molecular weight excluding hydrogens is 262 g/mol. The minimum atomic E-state index is -0.810. The molecule has 110 valence electrons. The van der Waals surface area contributed by atoms with Crippen LogP contribution < -0.4 is 5.32 Å². The van der Waals surface area contributed by atoms with E-state index in [1.165, 1.54) is 24.6 Å². The van der Waals surface area contributed by atoms with Crippen LogP contribution in [0.5, 0.6) is 0 Å². The predicted octanol–water partition coefficient (Wildman–Crippen LogP) is 2.52. The van der Waals surface area contributed by atoms with Gasteiger partial charge in [0.05, 0.1) is 12.2 Å². The molecule has 0 heterocycles. The van der Waals surface area contributed by atoms with Gasteiger partial charge in [-0.05, 0) is 18.3 Å². The number of hydrogen-bond acceptors (Lipinski definition) is 3. The van der Waals surface area contributed by atoms with Crippen LogP contribution in [0.1, 0.15) is 46.5 Å². The summed E-state index contributed by atoms with van der Waals surface area (Å²) in [6.45, 7) is 6.29. The van der Waals surface area contributed by atoms with Crippen molar-refractivity contribution < 1.29 is 14.7 Å². The average Bonchev–Trinajstić information content (AvgIpc) is 2.32. The Kier molecular flexibility index (Phi) is 6.69. The van der Waals surface area contributed by atoms with Crippen LogP contribution in [0, 0.1) is 11.8 Å². The fourth-order valence-electron chi connectivity index (χ4n) is 2.56. The number of aliphatic carboxylic acids is 1. The van der Waals surface area contributed by atoms with Crippen LogP contribution in [0.4, 0.5) is 0 Å². The summed E-state index contributed by atoms with van der Waals surface area (Å²) >= 11 is 1.41. The van der Waals surface area contributed by atoms with Crippen LogP contribution in [0.2, 0.25) is 0 Å². The highest BCUT2D eigenvalue weighted by Crippen LogP contribution is 2.29. The van der Waals surface area contributed by atoms with E-state index in [0.717, 1.165) is 6.42 Å². The maximum absolute atomic E-state index is 11.9. The number of rotatable bonds is 6. The molecule has 1 amide bonds. The fourth-order valence-corrected chi connectivity index (χ4v) is 3.34. The van der Waals surface area contributed by atoms with Gasteiger partial charge in [0.1, 0.15) is 0 Å². The van der Waals surface area contributed by atoms with Crippen molar-refractivity contribution in [3.8, 4) is 0 Å². The van der Waals surface area contributed by atoms with Gasteiger partial charge in [0.2, 0.25) is 5.91 Å². The minimum Gasteiger partial charge on any atom is -0.481 e. The lowest BCUT2D eigenvalue weighted by atomic mass is 9.78. The highest BCUT2D eigenvalue weighted by atomic mass is 32.2. The van der Waals surface area contributed by atoms with E-state index >= 15 is 0 Å². The van der Waals surface area contributed by atoms with Crippen molar-refractivity contribution >= 4 is 23.6 Å². The number of carboxylic acids is 1. The number of carbonyl (C=O) groups excluding carboxylic acids is 1. The number of carbonyl (C=O) groups is 2. The van der Waals surface area contributed by atoms with Crippen molar-refractivity contribution in [3.63, 3.8) is 0 Å². The van der Waals surface area contributed by atoms with Crippen molar-refractivity contribution in [2.24, 2.45) is 11.8 Å². The van der Waals surface area contributed by atoms with E-state index < -0.39 is 5.97 Å². The molecule has 4 unspecified atom stereocenters. The first kappa shape index (κ1) is 16.3. The second-order valence-electron chi connectivity index (χ2n) is 5.66. The fraction of sp³-hybridized carbons (Fsp3) is 0.857. The zero-order valence-corrected chi connectivity index (χ0v) is 12.8. The average molecular weight is 287 g/mol. The summed E-state index contributed by atoms with van der Waals surface area (Å²) < 4.78 is 0. The van der Waals surface area contributed by atoms with Gasteiger partial charge in [-0.15, -0.1) is 11.8 Å². The van der Waals surface area contributed by atoms with Gasteiger partial charge in [-0.25, -0.2) is 0 Å². The molecule has 0 saturated heterocycles. The monoisotopic (exact) mass is 287 g/mol. The van der Waals surface area contributed by atoms with Gasteiger partial charge >= 0.3 is 5.97 Å². The van der Waals surface area contributed by atoms with Gasteiger partial charge in [-0.1, -0.05) is 33.6 Å². The van der Waals surface area contributed by atoms with E-state index in [1.807, 2.05) is 6.92 Å². The van der Waals surface area contributed by atoms with E-state index in [4.69, 9.17) is 5.11 Å². The molecular formula is C14H25NO3S. The Morgan fingerprint density at radius 2 is 2.05 bits per heavy atom. The smallest absolute Gasteiger partial charge is 0.304 e. The normalized spacial score (nSPS) is 28.7. The largest absolute Gasteiger partial charge is 0.481 e. The Hall–Kier alpha value is -0.710. The van der Waals surface area contributed by atoms with Crippen molar-refractivity contribution in [1.29, 1.82) is 0 Å². The predicted molar refractivity (Wildman–Crippen MR) is 78.3 cm³/mol. The number of carboxylic acid groups (broad SMARTS) is 1. The Bertz CT molecular complexity index is 322. The SMILES string of the molecule is CC(CC(=O)O)SCC(=O)NC1CCCC(C)C1C. The van der Waals surface area contributed by atoms with Gasteiger partial charge in [0.25, 0.3) is 0 Å². The standard InChI is InChI=1S/C14H25NO3S/c1-9-5-4-6-12(11(9)3)15-13(16)8-19-10(2)7-14(17)18/h9-12H,4-8H2,1-3H3,(H,15,16)(H,17,18). The van der Waals surface area contributed by atoms with Gasteiger partial charge in [0.15, 0.2) is 0 Å². The maximum Gasteiger partial charge on any atom is 0.304 e. The lowest BCUT2D eigenvalue weighted by Gasteiger charge is -2.34. The molecule has 0 aromatic rings. The summed E-state index contributed by atoms with van der Waals surface area (Å²) in [6, 6.07) is 0.284. The summed E-state index contributed by atoms with van der Waals surface area (Å²) in [6.07, 6.45) is 3.60. The molecule has 1 aliphatic carbocycles. The maximum atomic E-state index is 11.9. The van der Waals surface area contributed by atoms with Crippen LogP contribution in [0.3, 0.4) is 0 Å². The molecule has 4 atom stereocenters. The second-order valence-corrected chi connectivity index (χ2v) is 7.09. The Morgan fingerprint density at radius 3 is 2.68 bits per heavy atom. The Labute approximate surface area is 119 Å². The highest BCUT2D eigenvalue weighted by molar-refractivity contribution is 8.00. The third kappa shape index (κ3) is 5.85. The van der Waals surface area contributed by atoms with Gasteiger partial charge in [-0.3, -0.25) is 9.59 Å². The molecule has 0 radical (unpaired) electrons. The highest BCUT2D eigenvalue weighted by Gasteiger charge is 2.28. The van der Waals surface area contributed by atoms with Crippen molar-refractivity contribution in [2.45, 2.75) is 57.7 Å². The zero-order chi connectivity index (χ0) is 14.4. The van der Waals surface area contributed by atoms with Gasteiger partial charge in [0, 0.05) is 11.3 Å². The lowest BCUT2D eigenvalue weighted by Crippen LogP contribution is -2.44. The second kappa shape index (κ2) is 7.78. The third-order valence-corrected chi connectivity index (χ3v) is 5.18. The van der Waals surface area contributed by atoms with Crippen LogP contribution in [0.25, 0.3) is 0 Å². The number of nitrogens with one attached hydrogen (secondary N) is 1. The van der Waals surface area contributed by atoms with Gasteiger partial charge < -0.3 is 10.4 Å². The molecule has 2 N–H and O–H groups in total. The molecule has 0 spiro atoms. The lowest BCUT2D eigenvalue weighted by molar-refractivity contribution is -0.136. The number of hydrogen-bond donors (Lipinski definition) is 2. The first-order valence-electron chi connectivity index (χ1n) is 7.03. The molecule has 0 bridgehead atoms. The molecule has 1 rings (SSSR count). The molecule has 1 aliphatic rings. The van der Waals surface area contributed by atoms with Crippen LogP contribution in [-0.2, 0) is 9.59 Å². The van der Waals surface area contributed by atoms with E-state index in [1.54, 1.807) is 0 Å². The van der Waals surface area contributed by atoms with E-state index in [0.29, 0.717) is 17.6 Å². The molecule has 5 heteroatoms. The summed E-state index contributed by atoms with van der Waals surface area (Å²) in [4.78, 5) is 22.4. The summed E-state index contributed by atoms with van der Waals surface area (Å²) in [5.41, 5.74) is 0. The van der Waals surface area contributed by atoms with Crippen molar-refractivity contribution in [1.82, 2.24) is 5.32 Å². The minimum absolute atomic E-state index is 0.0223. The van der Waals surface area contributed by atoms with Crippen LogP contribution in [-0.4, -0.2) is 34.0 Å². The van der Waals surface area contributed by atoms with E-state index in [-0.39, 0.29) is 23.6 Å². The van der Waals surface area contributed by atoms with Crippen molar-refractivity contribution in [3.05, 3.63) is 0 Å². The Balaban J connectivity index is 2.28. The molecule has 0 aliphatic heterocycles. The van der Waals surface area contributed by atoms with Crippen molar-refractivity contribution in [2.75, 3.05) is 5.75 Å². The zero-order valence-electron chi connectivity index (χ0n) is 12.0. The summed E-state index contributed by atoms with van der Waals surface area (Å²) in [7, 11) is 0.